The number of halogens is 2. The number of methoxy groups -OCH3 is 1. The molecule has 0 aliphatic carbocycles. The Morgan fingerprint density at radius 3 is 2.57 bits per heavy atom. The summed E-state index contributed by atoms with van der Waals surface area (Å²) in [5.41, 5.74) is 2.10. The minimum atomic E-state index is -0.567. The van der Waals surface area contributed by atoms with Crippen LogP contribution in [0.2, 0.25) is 5.02 Å². The molecule has 4 nitrogen and oxygen atoms in total. The van der Waals surface area contributed by atoms with Gasteiger partial charge in [0.1, 0.15) is 5.82 Å². The molecule has 2 aromatic carbocycles. The number of carbonyl (C=O) groups is 1. The third-order valence-electron chi connectivity index (χ3n) is 2.80. The standard InChI is InChI=1S/C15H14ClFN2O2/c1-21-15(20)19-13-7-4-11(16)8-14(13)18-9-10-2-5-12(17)6-3-10/h2-8,18H,9H2,1H3,(H,19,20). The number of amides is 1. The molecule has 0 aromatic heterocycles. The van der Waals surface area contributed by atoms with Crippen molar-refractivity contribution in [1.29, 1.82) is 0 Å². The summed E-state index contributed by atoms with van der Waals surface area (Å²) in [7, 11) is 1.29. The third kappa shape index (κ3) is 4.36. The molecule has 21 heavy (non-hydrogen) atoms. The predicted molar refractivity (Wildman–Crippen MR) is 81.2 cm³/mol. The number of anilines is 2. The second-order valence-electron chi connectivity index (χ2n) is 4.29. The van der Waals surface area contributed by atoms with Crippen LogP contribution in [0.4, 0.5) is 20.6 Å². The molecule has 0 atom stereocenters. The highest BCUT2D eigenvalue weighted by atomic mass is 35.5. The van der Waals surface area contributed by atoms with E-state index in [9.17, 15) is 9.18 Å². The zero-order chi connectivity index (χ0) is 15.2. The molecule has 0 bridgehead atoms. The van der Waals surface area contributed by atoms with Crippen molar-refractivity contribution in [3.05, 3.63) is 58.9 Å². The van der Waals surface area contributed by atoms with E-state index < -0.39 is 6.09 Å². The lowest BCUT2D eigenvalue weighted by Gasteiger charge is -2.13. The molecule has 0 spiro atoms. The molecular formula is C15H14ClFN2O2. The summed E-state index contributed by atoms with van der Waals surface area (Å²) in [6.45, 7) is 0.469. The molecule has 0 radical (unpaired) electrons. The molecule has 0 aliphatic rings. The number of benzene rings is 2. The van der Waals surface area contributed by atoms with Crippen LogP contribution in [0, 0.1) is 5.82 Å². The Morgan fingerprint density at radius 2 is 1.90 bits per heavy atom. The van der Waals surface area contributed by atoms with Gasteiger partial charge in [-0.15, -0.1) is 0 Å². The summed E-state index contributed by atoms with van der Waals surface area (Å²) in [6.07, 6.45) is -0.567. The maximum Gasteiger partial charge on any atom is 0.411 e. The molecule has 110 valence electrons. The van der Waals surface area contributed by atoms with E-state index in [1.165, 1.54) is 19.2 Å². The van der Waals surface area contributed by atoms with E-state index in [0.29, 0.717) is 22.9 Å². The van der Waals surface area contributed by atoms with Gasteiger partial charge in [-0.25, -0.2) is 9.18 Å². The van der Waals surface area contributed by atoms with E-state index in [2.05, 4.69) is 15.4 Å². The van der Waals surface area contributed by atoms with Gasteiger partial charge in [0, 0.05) is 11.6 Å². The topological polar surface area (TPSA) is 50.4 Å². The van der Waals surface area contributed by atoms with E-state index >= 15 is 0 Å². The quantitative estimate of drug-likeness (QED) is 0.887. The molecule has 1 amide bonds. The first-order chi connectivity index (χ1) is 10.1. The lowest BCUT2D eigenvalue weighted by Crippen LogP contribution is -2.13. The SMILES string of the molecule is COC(=O)Nc1ccc(Cl)cc1NCc1ccc(F)cc1. The Morgan fingerprint density at radius 1 is 1.19 bits per heavy atom. The van der Waals surface area contributed by atoms with Crippen LogP contribution in [-0.4, -0.2) is 13.2 Å². The summed E-state index contributed by atoms with van der Waals surface area (Å²) in [4.78, 5) is 11.3. The van der Waals surface area contributed by atoms with Crippen molar-refractivity contribution >= 4 is 29.1 Å². The van der Waals surface area contributed by atoms with Crippen molar-refractivity contribution in [3.8, 4) is 0 Å². The van der Waals surface area contributed by atoms with Crippen molar-refractivity contribution in [2.75, 3.05) is 17.7 Å². The van der Waals surface area contributed by atoms with Crippen molar-refractivity contribution in [2.24, 2.45) is 0 Å². The zero-order valence-electron chi connectivity index (χ0n) is 11.3. The van der Waals surface area contributed by atoms with Crippen LogP contribution in [0.3, 0.4) is 0 Å². The van der Waals surface area contributed by atoms with Crippen molar-refractivity contribution in [2.45, 2.75) is 6.54 Å². The summed E-state index contributed by atoms with van der Waals surface area (Å²) < 4.78 is 17.4. The Balaban J connectivity index is 2.12. The van der Waals surface area contributed by atoms with Gasteiger partial charge in [-0.05, 0) is 35.9 Å². The van der Waals surface area contributed by atoms with E-state index in [-0.39, 0.29) is 5.82 Å². The molecule has 2 N–H and O–H groups in total. The van der Waals surface area contributed by atoms with E-state index in [0.717, 1.165) is 5.56 Å². The van der Waals surface area contributed by atoms with Crippen LogP contribution in [0.15, 0.2) is 42.5 Å². The summed E-state index contributed by atoms with van der Waals surface area (Å²) in [5.74, 6) is -0.283. The number of carbonyl (C=O) groups excluding carboxylic acids is 1. The maximum absolute atomic E-state index is 12.9. The highest BCUT2D eigenvalue weighted by Crippen LogP contribution is 2.26. The highest BCUT2D eigenvalue weighted by molar-refractivity contribution is 6.31. The number of rotatable bonds is 4. The average molecular weight is 309 g/mol. The van der Waals surface area contributed by atoms with Gasteiger partial charge in [0.15, 0.2) is 0 Å². The van der Waals surface area contributed by atoms with Crippen LogP contribution >= 0.6 is 11.6 Å². The molecule has 0 unspecified atom stereocenters. The third-order valence-corrected chi connectivity index (χ3v) is 3.04. The van der Waals surface area contributed by atoms with E-state index in [1.54, 1.807) is 30.3 Å². The molecule has 2 rings (SSSR count). The first kappa shape index (κ1) is 15.1. The molecular weight excluding hydrogens is 295 g/mol. The molecule has 2 aromatic rings. The number of hydrogen-bond acceptors (Lipinski definition) is 3. The van der Waals surface area contributed by atoms with Gasteiger partial charge < -0.3 is 10.1 Å². The number of hydrogen-bond donors (Lipinski definition) is 2. The summed E-state index contributed by atoms with van der Waals surface area (Å²) in [6, 6.07) is 11.2. The minimum Gasteiger partial charge on any atom is -0.453 e. The Hall–Kier alpha value is -2.27. The molecule has 0 fully saturated rings. The largest absolute Gasteiger partial charge is 0.453 e. The number of ether oxygens (including phenoxy) is 1. The van der Waals surface area contributed by atoms with Gasteiger partial charge in [0.05, 0.1) is 18.5 Å². The Bertz CT molecular complexity index is 632. The van der Waals surface area contributed by atoms with Gasteiger partial charge in [-0.3, -0.25) is 5.32 Å². The van der Waals surface area contributed by atoms with Gasteiger partial charge in [-0.2, -0.15) is 0 Å². The monoisotopic (exact) mass is 308 g/mol. The first-order valence-electron chi connectivity index (χ1n) is 6.21. The fourth-order valence-electron chi connectivity index (χ4n) is 1.73. The summed E-state index contributed by atoms with van der Waals surface area (Å²) in [5, 5.41) is 6.27. The van der Waals surface area contributed by atoms with Crippen LogP contribution in [-0.2, 0) is 11.3 Å². The lowest BCUT2D eigenvalue weighted by atomic mass is 10.2. The fraction of sp³-hybridized carbons (Fsp3) is 0.133. The second-order valence-corrected chi connectivity index (χ2v) is 4.72. The molecule has 6 heteroatoms. The van der Waals surface area contributed by atoms with Crippen LogP contribution in [0.5, 0.6) is 0 Å². The molecule has 0 aliphatic heterocycles. The van der Waals surface area contributed by atoms with Crippen LogP contribution in [0.1, 0.15) is 5.56 Å². The molecule has 0 heterocycles. The first-order valence-corrected chi connectivity index (χ1v) is 6.59. The zero-order valence-corrected chi connectivity index (χ0v) is 12.1. The lowest BCUT2D eigenvalue weighted by molar-refractivity contribution is 0.187. The Labute approximate surface area is 126 Å². The smallest absolute Gasteiger partial charge is 0.411 e. The van der Waals surface area contributed by atoms with E-state index in [1.807, 2.05) is 0 Å². The van der Waals surface area contributed by atoms with E-state index in [4.69, 9.17) is 11.6 Å². The molecule has 0 saturated carbocycles. The van der Waals surface area contributed by atoms with Crippen molar-refractivity contribution in [3.63, 3.8) is 0 Å². The normalized spacial score (nSPS) is 10.0. The second kappa shape index (κ2) is 6.95. The minimum absolute atomic E-state index is 0.283. The number of nitrogens with one attached hydrogen (secondary N) is 2. The average Bonchev–Trinajstić information content (AvgIpc) is 2.49. The van der Waals surface area contributed by atoms with Gasteiger partial charge in [0.2, 0.25) is 0 Å². The highest BCUT2D eigenvalue weighted by Gasteiger charge is 2.07. The Kier molecular flexibility index (Phi) is 5.00. The van der Waals surface area contributed by atoms with Gasteiger partial charge >= 0.3 is 6.09 Å². The molecule has 0 saturated heterocycles. The van der Waals surface area contributed by atoms with Crippen LogP contribution in [0.25, 0.3) is 0 Å². The van der Waals surface area contributed by atoms with Gasteiger partial charge in [0.25, 0.3) is 0 Å². The fourth-order valence-corrected chi connectivity index (χ4v) is 1.90. The summed E-state index contributed by atoms with van der Waals surface area (Å²) >= 11 is 5.96. The maximum atomic E-state index is 12.9. The van der Waals surface area contributed by atoms with Crippen LogP contribution < -0.4 is 10.6 Å². The van der Waals surface area contributed by atoms with Gasteiger partial charge in [-0.1, -0.05) is 23.7 Å². The van der Waals surface area contributed by atoms with Crippen molar-refractivity contribution < 1.29 is 13.9 Å². The predicted octanol–water partition coefficient (Wildman–Crippen LogP) is 4.27. The van der Waals surface area contributed by atoms with Crippen molar-refractivity contribution in [1.82, 2.24) is 0 Å².